The van der Waals surface area contributed by atoms with Gasteiger partial charge < -0.3 is 0 Å². The number of thioether (sulfide) groups is 2. The number of rotatable bonds is 4. The summed E-state index contributed by atoms with van der Waals surface area (Å²) in [5.41, 5.74) is 1.41. The molecule has 0 N–H and O–H groups in total. The van der Waals surface area contributed by atoms with Crippen molar-refractivity contribution < 1.29 is 4.79 Å². The van der Waals surface area contributed by atoms with E-state index in [0.29, 0.717) is 5.57 Å². The van der Waals surface area contributed by atoms with Crippen molar-refractivity contribution in [3.8, 4) is 0 Å². The van der Waals surface area contributed by atoms with E-state index < -0.39 is 0 Å². The molecule has 0 saturated heterocycles. The van der Waals surface area contributed by atoms with Crippen LogP contribution in [0.5, 0.6) is 0 Å². The van der Waals surface area contributed by atoms with Crippen molar-refractivity contribution in [2.45, 2.75) is 0 Å². The zero-order valence-corrected chi connectivity index (χ0v) is 9.69. The van der Waals surface area contributed by atoms with Gasteiger partial charge in [-0.05, 0) is 24.6 Å². The van der Waals surface area contributed by atoms with Crippen molar-refractivity contribution >= 4 is 35.4 Å². The Morgan fingerprint density at radius 2 is 2.07 bits per heavy atom. The van der Waals surface area contributed by atoms with Crippen LogP contribution in [0, 0.1) is 0 Å². The average molecular weight is 225 g/mol. The number of hydrogen-bond acceptors (Lipinski definition) is 4. The van der Waals surface area contributed by atoms with Crippen molar-refractivity contribution in [2.75, 3.05) is 12.5 Å². The van der Waals surface area contributed by atoms with E-state index in [1.807, 2.05) is 30.7 Å². The topological polar surface area (TPSA) is 30.0 Å². The zero-order chi connectivity index (χ0) is 10.4. The summed E-state index contributed by atoms with van der Waals surface area (Å²) < 4.78 is 0.999. The van der Waals surface area contributed by atoms with Crippen LogP contribution in [0.15, 0.2) is 28.6 Å². The molecule has 4 heteroatoms. The first-order valence-corrected chi connectivity index (χ1v) is 6.47. The van der Waals surface area contributed by atoms with Gasteiger partial charge in [-0.25, -0.2) is 0 Å². The molecule has 14 heavy (non-hydrogen) atoms. The van der Waals surface area contributed by atoms with E-state index in [1.165, 1.54) is 0 Å². The lowest BCUT2D eigenvalue weighted by molar-refractivity contribution is -0.103. The highest BCUT2D eigenvalue weighted by Crippen LogP contribution is 2.30. The molecule has 1 rings (SSSR count). The van der Waals surface area contributed by atoms with Crippen LogP contribution in [0.25, 0.3) is 5.57 Å². The van der Waals surface area contributed by atoms with E-state index in [1.54, 1.807) is 29.7 Å². The number of nitrogens with zero attached hydrogens (tertiary/aromatic N) is 1. The number of carbonyl (C=O) groups is 1. The molecule has 74 valence electrons. The Morgan fingerprint density at radius 3 is 2.50 bits per heavy atom. The van der Waals surface area contributed by atoms with Gasteiger partial charge in [-0.3, -0.25) is 9.78 Å². The summed E-state index contributed by atoms with van der Waals surface area (Å²) in [5.74, 6) is 0. The van der Waals surface area contributed by atoms with E-state index in [2.05, 4.69) is 4.98 Å². The Hall–Kier alpha value is -0.740. The first kappa shape index (κ1) is 11.3. The Labute approximate surface area is 92.2 Å². The summed E-state index contributed by atoms with van der Waals surface area (Å²) in [7, 11) is 0. The third-order valence-electron chi connectivity index (χ3n) is 1.65. The first-order chi connectivity index (χ1) is 6.83. The molecule has 0 saturated carbocycles. The van der Waals surface area contributed by atoms with Gasteiger partial charge in [0.25, 0.3) is 0 Å². The quantitative estimate of drug-likeness (QED) is 0.582. The Bertz CT molecular complexity index is 329. The summed E-state index contributed by atoms with van der Waals surface area (Å²) in [4.78, 5) is 15.1. The molecule has 0 aliphatic heterocycles. The Balaban J connectivity index is 3.15. The highest BCUT2D eigenvalue weighted by molar-refractivity contribution is 8.22. The molecule has 0 amide bonds. The highest BCUT2D eigenvalue weighted by atomic mass is 32.2. The summed E-state index contributed by atoms with van der Waals surface area (Å²) in [6.45, 7) is 0. The molecule has 0 aliphatic carbocycles. The molecule has 0 spiro atoms. The monoisotopic (exact) mass is 225 g/mol. The van der Waals surface area contributed by atoms with Crippen LogP contribution in [0.3, 0.4) is 0 Å². The molecule has 1 aromatic rings. The van der Waals surface area contributed by atoms with E-state index in [9.17, 15) is 4.79 Å². The highest BCUT2D eigenvalue weighted by Gasteiger charge is 2.07. The van der Waals surface area contributed by atoms with Gasteiger partial charge in [0, 0.05) is 6.20 Å². The first-order valence-electron chi connectivity index (χ1n) is 4.02. The molecule has 0 aromatic carbocycles. The number of aldehydes is 1. The molecule has 1 aromatic heterocycles. The lowest BCUT2D eigenvalue weighted by Gasteiger charge is -2.04. The van der Waals surface area contributed by atoms with Crippen LogP contribution in [0.2, 0.25) is 0 Å². The molecular weight excluding hydrogens is 214 g/mol. The Kier molecular flexibility index (Phi) is 4.76. The van der Waals surface area contributed by atoms with Gasteiger partial charge in [0.15, 0.2) is 6.29 Å². The molecule has 0 fully saturated rings. The van der Waals surface area contributed by atoms with Gasteiger partial charge in [-0.2, -0.15) is 0 Å². The maximum Gasteiger partial charge on any atom is 0.153 e. The summed E-state index contributed by atoms with van der Waals surface area (Å²) in [6, 6.07) is 5.56. The minimum absolute atomic E-state index is 0.672. The number of carbonyl (C=O) groups excluding carboxylic acids is 1. The number of allylic oxidation sites excluding steroid dienone is 1. The lowest BCUT2D eigenvalue weighted by atomic mass is 10.2. The second-order valence-corrected chi connectivity index (χ2v) is 4.33. The van der Waals surface area contributed by atoms with Gasteiger partial charge in [-0.1, -0.05) is 6.07 Å². The van der Waals surface area contributed by atoms with E-state index in [-0.39, 0.29) is 0 Å². The number of pyridine rings is 1. The molecule has 2 nitrogen and oxygen atoms in total. The van der Waals surface area contributed by atoms with Crippen molar-refractivity contribution in [3.05, 3.63) is 34.3 Å². The maximum atomic E-state index is 10.9. The lowest BCUT2D eigenvalue weighted by Crippen LogP contribution is -1.91. The number of aromatic nitrogens is 1. The smallest absolute Gasteiger partial charge is 0.153 e. The molecule has 0 radical (unpaired) electrons. The van der Waals surface area contributed by atoms with Crippen LogP contribution in [0.4, 0.5) is 0 Å². The fraction of sp³-hybridized carbons (Fsp3) is 0.200. The fourth-order valence-electron chi connectivity index (χ4n) is 1.04. The SMILES string of the molecule is CSC(SC)=C(C=O)c1ccccn1. The molecule has 0 unspecified atom stereocenters. The number of hydrogen-bond donors (Lipinski definition) is 0. The third kappa shape index (κ3) is 2.62. The van der Waals surface area contributed by atoms with Crippen LogP contribution in [-0.2, 0) is 4.79 Å². The second-order valence-electron chi connectivity index (χ2n) is 2.44. The van der Waals surface area contributed by atoms with Crippen LogP contribution < -0.4 is 0 Å². The normalized spacial score (nSPS) is 9.57. The second kappa shape index (κ2) is 5.88. The molecule has 0 bridgehead atoms. The summed E-state index contributed by atoms with van der Waals surface area (Å²) in [6.07, 6.45) is 6.47. The van der Waals surface area contributed by atoms with Crippen LogP contribution in [0.1, 0.15) is 5.69 Å². The predicted octanol–water partition coefficient (Wildman–Crippen LogP) is 2.68. The zero-order valence-electron chi connectivity index (χ0n) is 8.06. The minimum atomic E-state index is 0.672. The van der Waals surface area contributed by atoms with E-state index in [0.717, 1.165) is 16.2 Å². The summed E-state index contributed by atoms with van der Waals surface area (Å²) >= 11 is 3.14. The van der Waals surface area contributed by atoms with Crippen LogP contribution >= 0.6 is 23.5 Å². The third-order valence-corrected chi connectivity index (χ3v) is 3.83. The van der Waals surface area contributed by atoms with Gasteiger partial charge in [0.05, 0.1) is 15.5 Å². The molecule has 0 aliphatic rings. The van der Waals surface area contributed by atoms with Gasteiger partial charge in [-0.15, -0.1) is 23.5 Å². The van der Waals surface area contributed by atoms with Gasteiger partial charge >= 0.3 is 0 Å². The summed E-state index contributed by atoms with van der Waals surface area (Å²) in [5, 5.41) is 0. The van der Waals surface area contributed by atoms with Crippen molar-refractivity contribution in [2.24, 2.45) is 0 Å². The molecule has 0 atom stereocenters. The fourth-order valence-corrected chi connectivity index (χ4v) is 2.45. The predicted molar refractivity (Wildman–Crippen MR) is 64.3 cm³/mol. The average Bonchev–Trinajstić information content (AvgIpc) is 2.27. The van der Waals surface area contributed by atoms with Crippen molar-refractivity contribution in [3.63, 3.8) is 0 Å². The van der Waals surface area contributed by atoms with Crippen LogP contribution in [-0.4, -0.2) is 23.8 Å². The maximum absolute atomic E-state index is 10.9. The Morgan fingerprint density at radius 1 is 1.36 bits per heavy atom. The van der Waals surface area contributed by atoms with E-state index >= 15 is 0 Å². The molecule has 1 heterocycles. The van der Waals surface area contributed by atoms with E-state index in [4.69, 9.17) is 0 Å². The molecular formula is C10H11NOS2. The van der Waals surface area contributed by atoms with Gasteiger partial charge in [0.2, 0.25) is 0 Å². The van der Waals surface area contributed by atoms with Gasteiger partial charge in [0.1, 0.15) is 0 Å². The minimum Gasteiger partial charge on any atom is -0.298 e. The van der Waals surface area contributed by atoms with Crippen molar-refractivity contribution in [1.29, 1.82) is 0 Å². The standard InChI is InChI=1S/C10H11NOS2/c1-13-10(14-2)8(7-12)9-5-3-4-6-11-9/h3-7H,1-2H3. The largest absolute Gasteiger partial charge is 0.298 e. The van der Waals surface area contributed by atoms with Crippen molar-refractivity contribution in [1.82, 2.24) is 4.98 Å².